The molecule has 0 aliphatic carbocycles. The van der Waals surface area contributed by atoms with Gasteiger partial charge < -0.3 is 20.3 Å². The Bertz CT molecular complexity index is 969. The van der Waals surface area contributed by atoms with Crippen LogP contribution in [0.5, 0.6) is 0 Å². The first-order valence-corrected chi connectivity index (χ1v) is 8.46. The van der Waals surface area contributed by atoms with Crippen LogP contribution in [-0.4, -0.2) is 35.0 Å². The van der Waals surface area contributed by atoms with Crippen LogP contribution in [0.25, 0.3) is 0 Å². The molecule has 2 N–H and O–H groups in total. The molecule has 0 radical (unpaired) electrons. The lowest BCUT2D eigenvalue weighted by atomic mass is 10.1. The first-order valence-electron chi connectivity index (χ1n) is 8.46. The van der Waals surface area contributed by atoms with Crippen molar-refractivity contribution in [3.63, 3.8) is 0 Å². The molecule has 4 rings (SSSR count). The maximum Gasteiger partial charge on any atom is 0.322 e. The van der Waals surface area contributed by atoms with Crippen molar-refractivity contribution in [3.05, 3.63) is 58.7 Å². The molecule has 28 heavy (non-hydrogen) atoms. The molecule has 146 valence electrons. The molecular formula is C18H15F3N4O3. The standard InChI is InChI=1S/C18H15F3N4O3/c19-10-3-9-7-28-8-14(17(9)22-4-10)23-15(26)6-25-5-11-13(24-18(25)27)2-1-12(20)16(11)21/h1-4,14H,5-8H2,(H,23,26)(H,24,27)/t14-/m1/s1. The third kappa shape index (κ3) is 3.38. The summed E-state index contributed by atoms with van der Waals surface area (Å²) in [6.07, 6.45) is 1.05. The highest BCUT2D eigenvalue weighted by molar-refractivity contribution is 5.95. The Morgan fingerprint density at radius 2 is 2.18 bits per heavy atom. The average Bonchev–Trinajstić information content (AvgIpc) is 2.66. The molecule has 2 aliphatic heterocycles. The summed E-state index contributed by atoms with van der Waals surface area (Å²) in [6, 6.07) is 2.27. The van der Waals surface area contributed by atoms with Gasteiger partial charge in [-0.05, 0) is 18.2 Å². The molecular weight excluding hydrogens is 377 g/mol. The van der Waals surface area contributed by atoms with Gasteiger partial charge in [0.05, 0.1) is 43.4 Å². The molecule has 0 bridgehead atoms. The normalized spacial score (nSPS) is 18.2. The summed E-state index contributed by atoms with van der Waals surface area (Å²) in [4.78, 5) is 29.6. The van der Waals surface area contributed by atoms with Gasteiger partial charge in [-0.25, -0.2) is 18.0 Å². The molecule has 3 heterocycles. The highest BCUT2D eigenvalue weighted by Gasteiger charge is 2.30. The number of ether oxygens (including phenoxy) is 1. The summed E-state index contributed by atoms with van der Waals surface area (Å²) in [5, 5.41) is 5.10. The van der Waals surface area contributed by atoms with Crippen molar-refractivity contribution in [3.8, 4) is 0 Å². The molecule has 0 spiro atoms. The van der Waals surface area contributed by atoms with Crippen LogP contribution in [0.15, 0.2) is 24.4 Å². The maximum atomic E-state index is 14.0. The molecule has 2 aliphatic rings. The Kier molecular flexibility index (Phi) is 4.63. The lowest BCUT2D eigenvalue weighted by molar-refractivity contribution is -0.123. The Morgan fingerprint density at radius 1 is 1.36 bits per heavy atom. The van der Waals surface area contributed by atoms with E-state index in [2.05, 4.69) is 15.6 Å². The van der Waals surface area contributed by atoms with Crippen molar-refractivity contribution in [2.45, 2.75) is 19.2 Å². The largest absolute Gasteiger partial charge is 0.374 e. The molecule has 0 saturated carbocycles. The van der Waals surface area contributed by atoms with Gasteiger partial charge in [0, 0.05) is 11.1 Å². The predicted octanol–water partition coefficient (Wildman–Crippen LogP) is 2.23. The number of aromatic nitrogens is 1. The molecule has 3 amide bonds. The van der Waals surface area contributed by atoms with Crippen LogP contribution in [0.2, 0.25) is 0 Å². The van der Waals surface area contributed by atoms with Crippen molar-refractivity contribution in [1.82, 2.24) is 15.2 Å². The van der Waals surface area contributed by atoms with Gasteiger partial charge in [0.25, 0.3) is 0 Å². The Balaban J connectivity index is 1.46. The van der Waals surface area contributed by atoms with Gasteiger partial charge in [0.1, 0.15) is 12.4 Å². The summed E-state index contributed by atoms with van der Waals surface area (Å²) in [5.74, 6) is -3.15. The van der Waals surface area contributed by atoms with Gasteiger partial charge in [-0.15, -0.1) is 0 Å². The van der Waals surface area contributed by atoms with E-state index in [1.807, 2.05) is 0 Å². The number of nitrogens with one attached hydrogen (secondary N) is 2. The van der Waals surface area contributed by atoms with E-state index in [0.29, 0.717) is 11.3 Å². The first kappa shape index (κ1) is 18.2. The van der Waals surface area contributed by atoms with Gasteiger partial charge in [0.15, 0.2) is 11.6 Å². The molecule has 0 unspecified atom stereocenters. The number of anilines is 1. The number of urea groups is 1. The van der Waals surface area contributed by atoms with Crippen LogP contribution in [0.1, 0.15) is 22.9 Å². The minimum absolute atomic E-state index is 0.0316. The number of carbonyl (C=O) groups is 2. The third-order valence-electron chi connectivity index (χ3n) is 4.58. The topological polar surface area (TPSA) is 83.6 Å². The minimum atomic E-state index is -1.07. The van der Waals surface area contributed by atoms with E-state index in [0.717, 1.165) is 17.2 Å². The molecule has 2 aromatic rings. The second kappa shape index (κ2) is 7.12. The van der Waals surface area contributed by atoms with Crippen molar-refractivity contribution >= 4 is 17.6 Å². The van der Waals surface area contributed by atoms with Crippen molar-refractivity contribution in [2.75, 3.05) is 18.5 Å². The van der Waals surface area contributed by atoms with Crippen LogP contribution in [0, 0.1) is 17.5 Å². The number of hydrogen-bond acceptors (Lipinski definition) is 4. The van der Waals surface area contributed by atoms with Crippen molar-refractivity contribution in [2.24, 2.45) is 0 Å². The van der Waals surface area contributed by atoms with Gasteiger partial charge in [0.2, 0.25) is 5.91 Å². The van der Waals surface area contributed by atoms with Gasteiger partial charge in [-0.1, -0.05) is 0 Å². The summed E-state index contributed by atoms with van der Waals surface area (Å²) in [5.41, 5.74) is 1.15. The quantitative estimate of drug-likeness (QED) is 0.839. The first-order chi connectivity index (χ1) is 13.4. The number of pyridine rings is 1. The number of nitrogens with zero attached hydrogens (tertiary/aromatic N) is 2. The number of halogens is 3. The van der Waals surface area contributed by atoms with Gasteiger partial charge in [-0.3, -0.25) is 9.78 Å². The van der Waals surface area contributed by atoms with E-state index in [1.165, 1.54) is 12.1 Å². The van der Waals surface area contributed by atoms with E-state index >= 15 is 0 Å². The molecule has 0 fully saturated rings. The van der Waals surface area contributed by atoms with E-state index in [4.69, 9.17) is 4.74 Å². The Hall–Kier alpha value is -3.14. The van der Waals surface area contributed by atoms with E-state index < -0.39 is 35.4 Å². The molecule has 1 aromatic heterocycles. The Morgan fingerprint density at radius 3 is 3.00 bits per heavy atom. The fourth-order valence-corrected chi connectivity index (χ4v) is 3.26. The monoisotopic (exact) mass is 392 g/mol. The molecule has 1 atom stereocenters. The van der Waals surface area contributed by atoms with Crippen LogP contribution >= 0.6 is 0 Å². The predicted molar refractivity (Wildman–Crippen MR) is 90.5 cm³/mol. The summed E-state index contributed by atoms with van der Waals surface area (Å²) >= 11 is 0. The summed E-state index contributed by atoms with van der Waals surface area (Å²) < 4.78 is 46.1. The lowest BCUT2D eigenvalue weighted by Gasteiger charge is -2.30. The second-order valence-corrected chi connectivity index (χ2v) is 6.51. The molecule has 7 nitrogen and oxygen atoms in total. The average molecular weight is 392 g/mol. The molecule has 10 heteroatoms. The summed E-state index contributed by atoms with van der Waals surface area (Å²) in [6.45, 7) is -0.303. The van der Waals surface area contributed by atoms with E-state index in [1.54, 1.807) is 0 Å². The minimum Gasteiger partial charge on any atom is -0.374 e. The number of rotatable bonds is 3. The van der Waals surface area contributed by atoms with Crippen molar-refractivity contribution in [1.29, 1.82) is 0 Å². The summed E-state index contributed by atoms with van der Waals surface area (Å²) in [7, 11) is 0. The zero-order valence-electron chi connectivity index (χ0n) is 14.5. The second-order valence-electron chi connectivity index (χ2n) is 6.51. The fourth-order valence-electron chi connectivity index (χ4n) is 3.26. The van der Waals surface area contributed by atoms with Crippen LogP contribution in [0.3, 0.4) is 0 Å². The zero-order valence-corrected chi connectivity index (χ0v) is 14.5. The lowest BCUT2D eigenvalue weighted by Crippen LogP contribution is -2.46. The zero-order chi connectivity index (χ0) is 19.8. The number of benzene rings is 1. The number of hydrogen-bond donors (Lipinski definition) is 2. The smallest absolute Gasteiger partial charge is 0.322 e. The fraction of sp³-hybridized carbons (Fsp3) is 0.278. The van der Waals surface area contributed by atoms with Crippen LogP contribution in [-0.2, 0) is 22.7 Å². The number of fused-ring (bicyclic) bond motifs is 2. The maximum absolute atomic E-state index is 14.0. The van der Waals surface area contributed by atoms with Crippen molar-refractivity contribution < 1.29 is 27.5 Å². The molecule has 0 saturated heterocycles. The third-order valence-corrected chi connectivity index (χ3v) is 4.58. The molecule has 1 aromatic carbocycles. The Labute approximate surface area is 157 Å². The number of carbonyl (C=O) groups excluding carboxylic acids is 2. The number of amides is 3. The SMILES string of the molecule is O=C(CN1Cc2c(ccc(F)c2F)NC1=O)N[C@@H]1COCc2cc(F)cnc21. The van der Waals surface area contributed by atoms with Crippen LogP contribution < -0.4 is 10.6 Å². The van der Waals surface area contributed by atoms with Gasteiger partial charge in [-0.2, -0.15) is 0 Å². The van der Waals surface area contributed by atoms with E-state index in [-0.39, 0.29) is 37.6 Å². The van der Waals surface area contributed by atoms with Gasteiger partial charge >= 0.3 is 6.03 Å². The highest BCUT2D eigenvalue weighted by atomic mass is 19.2. The van der Waals surface area contributed by atoms with E-state index in [9.17, 15) is 22.8 Å². The van der Waals surface area contributed by atoms with Crippen LogP contribution in [0.4, 0.5) is 23.7 Å². The highest BCUT2D eigenvalue weighted by Crippen LogP contribution is 2.27.